The first-order valence-corrected chi connectivity index (χ1v) is 8.13. The van der Waals surface area contributed by atoms with Crippen LogP contribution in [0.25, 0.3) is 5.65 Å². The summed E-state index contributed by atoms with van der Waals surface area (Å²) in [6.45, 7) is 0.830. The summed E-state index contributed by atoms with van der Waals surface area (Å²) in [6, 6.07) is 7.98. The summed E-state index contributed by atoms with van der Waals surface area (Å²) >= 11 is 17.8. The van der Waals surface area contributed by atoms with Crippen molar-refractivity contribution in [2.75, 3.05) is 0 Å². The molecule has 2 heterocycles. The summed E-state index contributed by atoms with van der Waals surface area (Å²) in [5.74, 6) is -0.151. The van der Waals surface area contributed by atoms with Crippen molar-refractivity contribution in [3.8, 4) is 5.75 Å². The van der Waals surface area contributed by atoms with Gasteiger partial charge in [0.05, 0.1) is 10.7 Å². The minimum Gasteiger partial charge on any atom is -0.504 e. The smallest absolute Gasteiger partial charge is 0.258 e. The zero-order valence-corrected chi connectivity index (χ0v) is 14.5. The van der Waals surface area contributed by atoms with Gasteiger partial charge in [-0.3, -0.25) is 9.20 Å². The molecule has 124 valence electrons. The summed E-state index contributed by atoms with van der Waals surface area (Å²) in [6.07, 6.45) is 1.41. The molecule has 0 fully saturated rings. The number of halogens is 3. The summed E-state index contributed by atoms with van der Waals surface area (Å²) in [4.78, 5) is 16.4. The molecule has 0 saturated heterocycles. The summed E-state index contributed by atoms with van der Waals surface area (Å²) in [5.41, 5.74) is 1.23. The van der Waals surface area contributed by atoms with E-state index in [2.05, 4.69) is 10.3 Å². The quantitative estimate of drug-likeness (QED) is 0.720. The van der Waals surface area contributed by atoms with Gasteiger partial charge in [0.1, 0.15) is 0 Å². The number of aromatic hydroxyl groups is 1. The standard InChI is InChI=1S/C16H12Cl3N3O2/c17-10-2-1-9(13(19)3-10)6-20-7-12-5-15(24)22-8-11(18)4-14(23)16(22)21-12/h1-5,8,20,23H,6-7H2. The Labute approximate surface area is 152 Å². The monoisotopic (exact) mass is 383 g/mol. The second-order valence-electron chi connectivity index (χ2n) is 5.16. The highest BCUT2D eigenvalue weighted by Crippen LogP contribution is 2.21. The lowest BCUT2D eigenvalue weighted by atomic mass is 10.2. The van der Waals surface area contributed by atoms with Crippen molar-refractivity contribution >= 4 is 40.4 Å². The van der Waals surface area contributed by atoms with Crippen molar-refractivity contribution in [1.82, 2.24) is 14.7 Å². The van der Waals surface area contributed by atoms with Crippen molar-refractivity contribution in [2.45, 2.75) is 13.1 Å². The van der Waals surface area contributed by atoms with E-state index in [-0.39, 0.29) is 22.0 Å². The largest absolute Gasteiger partial charge is 0.504 e. The van der Waals surface area contributed by atoms with Gasteiger partial charge in [-0.25, -0.2) is 4.98 Å². The molecule has 0 saturated carbocycles. The molecule has 0 atom stereocenters. The van der Waals surface area contributed by atoms with Gasteiger partial charge >= 0.3 is 0 Å². The number of nitrogens with one attached hydrogen (secondary N) is 1. The van der Waals surface area contributed by atoms with Crippen LogP contribution in [0.1, 0.15) is 11.3 Å². The molecule has 2 aromatic heterocycles. The highest BCUT2D eigenvalue weighted by Gasteiger charge is 2.08. The van der Waals surface area contributed by atoms with Crippen LogP contribution in [0.5, 0.6) is 5.75 Å². The Morgan fingerprint density at radius 3 is 2.62 bits per heavy atom. The Hall–Kier alpha value is -1.79. The molecule has 0 bridgehead atoms. The van der Waals surface area contributed by atoms with Crippen molar-refractivity contribution in [3.63, 3.8) is 0 Å². The molecule has 0 aliphatic rings. The van der Waals surface area contributed by atoms with E-state index >= 15 is 0 Å². The van der Waals surface area contributed by atoms with E-state index in [1.807, 2.05) is 6.07 Å². The lowest BCUT2D eigenvalue weighted by Crippen LogP contribution is -2.20. The fourth-order valence-electron chi connectivity index (χ4n) is 2.28. The molecule has 8 heteroatoms. The molecule has 2 N–H and O–H groups in total. The molecular weight excluding hydrogens is 373 g/mol. The summed E-state index contributed by atoms with van der Waals surface area (Å²) in [5, 5.41) is 14.5. The van der Waals surface area contributed by atoms with Gasteiger partial charge in [0.2, 0.25) is 0 Å². The van der Waals surface area contributed by atoms with Crippen LogP contribution < -0.4 is 10.9 Å². The first kappa shape index (κ1) is 17.0. The Balaban J connectivity index is 1.79. The Bertz CT molecular complexity index is 973. The van der Waals surface area contributed by atoms with Gasteiger partial charge in [-0.15, -0.1) is 0 Å². The number of hydrogen-bond donors (Lipinski definition) is 2. The van der Waals surface area contributed by atoms with E-state index in [1.54, 1.807) is 12.1 Å². The number of fused-ring (bicyclic) bond motifs is 1. The SMILES string of the molecule is O=c1cc(CNCc2ccc(Cl)cc2Cl)nc2c(O)cc(Cl)cn12. The van der Waals surface area contributed by atoms with Gasteiger partial charge in [-0.05, 0) is 17.7 Å². The normalized spacial score (nSPS) is 11.1. The second-order valence-corrected chi connectivity index (χ2v) is 6.44. The maximum atomic E-state index is 12.1. The number of rotatable bonds is 4. The van der Waals surface area contributed by atoms with Gasteiger partial charge in [-0.1, -0.05) is 40.9 Å². The zero-order valence-electron chi connectivity index (χ0n) is 12.3. The molecule has 1 aromatic carbocycles. The molecule has 0 amide bonds. The third-order valence-corrected chi connectivity index (χ3v) is 4.19. The summed E-state index contributed by atoms with van der Waals surface area (Å²) in [7, 11) is 0. The van der Waals surface area contributed by atoms with Gasteiger partial charge in [0.15, 0.2) is 11.4 Å². The average Bonchev–Trinajstić information content (AvgIpc) is 2.51. The number of hydrogen-bond acceptors (Lipinski definition) is 4. The highest BCUT2D eigenvalue weighted by molar-refractivity contribution is 6.35. The van der Waals surface area contributed by atoms with Crippen LogP contribution in [0.4, 0.5) is 0 Å². The van der Waals surface area contributed by atoms with E-state index in [0.717, 1.165) is 5.56 Å². The van der Waals surface area contributed by atoms with E-state index < -0.39 is 0 Å². The molecular formula is C16H12Cl3N3O2. The topological polar surface area (TPSA) is 66.6 Å². The number of nitrogens with zero attached hydrogens (tertiary/aromatic N) is 2. The fourth-order valence-corrected chi connectivity index (χ4v) is 2.96. The number of pyridine rings is 1. The lowest BCUT2D eigenvalue weighted by Gasteiger charge is -2.09. The van der Waals surface area contributed by atoms with Crippen molar-refractivity contribution in [1.29, 1.82) is 0 Å². The van der Waals surface area contributed by atoms with Crippen LogP contribution in [0, 0.1) is 0 Å². The van der Waals surface area contributed by atoms with E-state index in [4.69, 9.17) is 34.8 Å². The van der Waals surface area contributed by atoms with Crippen LogP contribution in [-0.4, -0.2) is 14.5 Å². The van der Waals surface area contributed by atoms with Crippen molar-refractivity contribution in [2.24, 2.45) is 0 Å². The first-order valence-electron chi connectivity index (χ1n) is 6.99. The second kappa shape index (κ2) is 6.99. The Morgan fingerprint density at radius 1 is 1.08 bits per heavy atom. The van der Waals surface area contributed by atoms with Gasteiger partial charge < -0.3 is 10.4 Å². The Morgan fingerprint density at radius 2 is 1.88 bits per heavy atom. The predicted molar refractivity (Wildman–Crippen MR) is 95.1 cm³/mol. The van der Waals surface area contributed by atoms with Crippen LogP contribution in [-0.2, 0) is 13.1 Å². The Kier molecular flexibility index (Phi) is 4.96. The molecule has 0 aliphatic heterocycles. The van der Waals surface area contributed by atoms with E-state index in [0.29, 0.717) is 28.8 Å². The van der Waals surface area contributed by atoms with Crippen molar-refractivity contribution in [3.05, 3.63) is 73.2 Å². The highest BCUT2D eigenvalue weighted by atomic mass is 35.5. The van der Waals surface area contributed by atoms with Crippen LogP contribution >= 0.6 is 34.8 Å². The number of benzene rings is 1. The molecule has 0 spiro atoms. The van der Waals surface area contributed by atoms with Crippen LogP contribution in [0.3, 0.4) is 0 Å². The third-order valence-electron chi connectivity index (χ3n) is 3.40. The first-order chi connectivity index (χ1) is 11.4. The molecule has 5 nitrogen and oxygen atoms in total. The zero-order chi connectivity index (χ0) is 17.3. The van der Waals surface area contributed by atoms with Crippen molar-refractivity contribution < 1.29 is 5.11 Å². The molecule has 0 aliphatic carbocycles. The molecule has 0 radical (unpaired) electrons. The van der Waals surface area contributed by atoms with Gasteiger partial charge in [-0.2, -0.15) is 0 Å². The minimum atomic E-state index is -0.320. The molecule has 0 unspecified atom stereocenters. The maximum Gasteiger partial charge on any atom is 0.258 e. The van der Waals surface area contributed by atoms with Gasteiger partial charge in [0.25, 0.3) is 5.56 Å². The van der Waals surface area contributed by atoms with E-state index in [9.17, 15) is 9.90 Å². The van der Waals surface area contributed by atoms with Crippen LogP contribution in [0.15, 0.2) is 41.3 Å². The average molecular weight is 385 g/mol. The molecule has 3 aromatic rings. The minimum absolute atomic E-state index is 0.151. The predicted octanol–water partition coefficient (Wildman–Crippen LogP) is 3.65. The lowest BCUT2D eigenvalue weighted by molar-refractivity contribution is 0.476. The third kappa shape index (κ3) is 3.65. The van der Waals surface area contributed by atoms with Crippen LogP contribution in [0.2, 0.25) is 15.1 Å². The van der Waals surface area contributed by atoms with Gasteiger partial charge in [0, 0.05) is 41.5 Å². The van der Waals surface area contributed by atoms with E-state index in [1.165, 1.54) is 22.7 Å². The maximum absolute atomic E-state index is 12.1. The molecule has 3 rings (SSSR count). The molecule has 24 heavy (non-hydrogen) atoms. The summed E-state index contributed by atoms with van der Waals surface area (Å²) < 4.78 is 1.21. The number of aromatic nitrogens is 2. The fraction of sp³-hybridized carbons (Fsp3) is 0.125.